The number of benzene rings is 3. The third kappa shape index (κ3) is 4.26. The number of furan rings is 1. The Hall–Kier alpha value is -4.23. The van der Waals surface area contributed by atoms with Crippen molar-refractivity contribution in [1.82, 2.24) is 5.43 Å². The zero-order valence-electron chi connectivity index (χ0n) is 17.2. The number of rotatable bonds is 5. The van der Waals surface area contributed by atoms with Crippen LogP contribution in [0, 0.1) is 0 Å². The molecular formula is C26H18N2O4S. The van der Waals surface area contributed by atoms with Gasteiger partial charge in [-0.05, 0) is 60.7 Å². The van der Waals surface area contributed by atoms with Gasteiger partial charge in [0.25, 0.3) is 5.91 Å². The van der Waals surface area contributed by atoms with Crippen LogP contribution >= 0.6 is 11.8 Å². The summed E-state index contributed by atoms with van der Waals surface area (Å²) >= 11 is 1.41. The van der Waals surface area contributed by atoms with E-state index in [0.29, 0.717) is 33.2 Å². The van der Waals surface area contributed by atoms with E-state index in [2.05, 4.69) is 10.9 Å². The first-order valence-electron chi connectivity index (χ1n) is 10.2. The van der Waals surface area contributed by atoms with E-state index < -0.39 is 5.91 Å². The molecule has 1 aromatic heterocycles. The third-order valence-corrected chi connectivity index (χ3v) is 6.19. The van der Waals surface area contributed by atoms with Crippen molar-refractivity contribution in [3.05, 3.63) is 107 Å². The van der Waals surface area contributed by atoms with Gasteiger partial charge in [-0.2, -0.15) is 0 Å². The molecule has 6 nitrogen and oxygen atoms in total. The number of anilines is 1. The molecule has 1 amide bonds. The monoisotopic (exact) mass is 454 g/mol. The highest BCUT2D eigenvalue weighted by molar-refractivity contribution is 8.04. The molecule has 0 atom stereocenters. The predicted molar refractivity (Wildman–Crippen MR) is 128 cm³/mol. The van der Waals surface area contributed by atoms with Gasteiger partial charge in [0, 0.05) is 16.0 Å². The van der Waals surface area contributed by atoms with Crippen LogP contribution in [0.1, 0.15) is 26.5 Å². The Bertz CT molecular complexity index is 1390. The van der Waals surface area contributed by atoms with Gasteiger partial charge in [-0.25, -0.2) is 0 Å². The predicted octanol–water partition coefficient (Wildman–Crippen LogP) is 5.74. The number of aromatic hydroxyl groups is 1. The summed E-state index contributed by atoms with van der Waals surface area (Å²) in [4.78, 5) is 26.7. The van der Waals surface area contributed by atoms with Crippen LogP contribution in [0.25, 0.3) is 17.4 Å². The van der Waals surface area contributed by atoms with Gasteiger partial charge in [0.2, 0.25) is 5.78 Å². The van der Waals surface area contributed by atoms with Crippen LogP contribution in [0.2, 0.25) is 0 Å². The fraction of sp³-hybridized carbons (Fsp3) is 0. The van der Waals surface area contributed by atoms with E-state index in [4.69, 9.17) is 4.42 Å². The minimum absolute atomic E-state index is 0.0249. The Balaban J connectivity index is 1.35. The topological polar surface area (TPSA) is 91.6 Å². The van der Waals surface area contributed by atoms with Crippen molar-refractivity contribution in [2.45, 2.75) is 4.90 Å². The van der Waals surface area contributed by atoms with Crippen molar-refractivity contribution in [2.24, 2.45) is 0 Å². The Morgan fingerprint density at radius 2 is 1.73 bits per heavy atom. The molecule has 7 heteroatoms. The molecule has 0 unspecified atom stereocenters. The number of amides is 1. The maximum atomic E-state index is 12.6. The van der Waals surface area contributed by atoms with Gasteiger partial charge >= 0.3 is 0 Å². The minimum Gasteiger partial charge on any atom is -0.507 e. The summed E-state index contributed by atoms with van der Waals surface area (Å²) in [7, 11) is 0. The van der Waals surface area contributed by atoms with Gasteiger partial charge in [-0.15, -0.1) is 0 Å². The summed E-state index contributed by atoms with van der Waals surface area (Å²) in [6, 6.07) is 24.8. The standard InChI is InChI=1S/C26H18N2O4S/c29-21-12-10-16(14-20(21)26(31)28-27-17-6-2-1-3-7-17)22-13-11-18(32-22)15-24-25(30)19-8-4-5-9-23(19)33-24/h1-15,27,29H,(H,28,31)/b24-15-. The molecule has 0 bridgehead atoms. The number of ketones is 1. The van der Waals surface area contributed by atoms with E-state index in [1.165, 1.54) is 17.8 Å². The lowest BCUT2D eigenvalue weighted by Gasteiger charge is -2.10. The molecule has 1 aliphatic rings. The lowest BCUT2D eigenvalue weighted by molar-refractivity contribution is 0.0959. The maximum Gasteiger partial charge on any atom is 0.273 e. The number of fused-ring (bicyclic) bond motifs is 1. The molecule has 33 heavy (non-hydrogen) atoms. The summed E-state index contributed by atoms with van der Waals surface area (Å²) in [5, 5.41) is 10.2. The van der Waals surface area contributed by atoms with Crippen LogP contribution in [0.4, 0.5) is 5.69 Å². The summed E-state index contributed by atoms with van der Waals surface area (Å²) < 4.78 is 5.91. The molecule has 3 N–H and O–H groups in total. The molecule has 162 valence electrons. The molecule has 0 saturated heterocycles. The zero-order chi connectivity index (χ0) is 22.8. The van der Waals surface area contributed by atoms with E-state index in [1.54, 1.807) is 42.5 Å². The highest BCUT2D eigenvalue weighted by Crippen LogP contribution is 2.41. The molecule has 0 fully saturated rings. The Labute approximate surface area is 193 Å². The third-order valence-electron chi connectivity index (χ3n) is 5.10. The van der Waals surface area contributed by atoms with Gasteiger partial charge < -0.3 is 9.52 Å². The SMILES string of the molecule is O=C(NNc1ccccc1)c1cc(-c2ccc(/C=C3\Sc4ccccc4C3=O)o2)ccc1O. The van der Waals surface area contributed by atoms with E-state index in [1.807, 2.05) is 42.5 Å². The van der Waals surface area contributed by atoms with Crippen LogP contribution in [0.5, 0.6) is 5.75 Å². The van der Waals surface area contributed by atoms with Crippen molar-refractivity contribution in [1.29, 1.82) is 0 Å². The van der Waals surface area contributed by atoms with Crippen LogP contribution in [0.15, 0.2) is 99.1 Å². The van der Waals surface area contributed by atoms with Gasteiger partial charge in [0.05, 0.1) is 16.2 Å². The number of phenols is 1. The number of hydrogen-bond donors (Lipinski definition) is 3. The van der Waals surface area contributed by atoms with Crippen molar-refractivity contribution >= 4 is 35.2 Å². The molecule has 5 rings (SSSR count). The van der Waals surface area contributed by atoms with E-state index in [9.17, 15) is 14.7 Å². The van der Waals surface area contributed by atoms with Crippen LogP contribution in [-0.2, 0) is 0 Å². The fourth-order valence-electron chi connectivity index (χ4n) is 3.44. The highest BCUT2D eigenvalue weighted by atomic mass is 32.2. The number of phenolic OH excluding ortho intramolecular Hbond substituents is 1. The Morgan fingerprint density at radius 1 is 0.939 bits per heavy atom. The minimum atomic E-state index is -0.488. The van der Waals surface area contributed by atoms with Crippen molar-refractivity contribution < 1.29 is 19.1 Å². The zero-order valence-corrected chi connectivity index (χ0v) is 18.1. The molecule has 4 aromatic rings. The molecule has 0 saturated carbocycles. The van der Waals surface area contributed by atoms with E-state index >= 15 is 0 Å². The van der Waals surface area contributed by atoms with Crippen molar-refractivity contribution in [3.63, 3.8) is 0 Å². The Morgan fingerprint density at radius 3 is 2.55 bits per heavy atom. The number of thioether (sulfide) groups is 1. The second-order valence-corrected chi connectivity index (χ2v) is 8.40. The number of para-hydroxylation sites is 1. The second-order valence-electron chi connectivity index (χ2n) is 7.32. The molecule has 1 aliphatic heterocycles. The summed E-state index contributed by atoms with van der Waals surface area (Å²) in [6.07, 6.45) is 1.72. The molecule has 2 heterocycles. The summed E-state index contributed by atoms with van der Waals surface area (Å²) in [6.45, 7) is 0. The lowest BCUT2D eigenvalue weighted by Crippen LogP contribution is -2.29. The second kappa shape index (κ2) is 8.72. The summed E-state index contributed by atoms with van der Waals surface area (Å²) in [5.74, 6) is 0.380. The highest BCUT2D eigenvalue weighted by Gasteiger charge is 2.25. The van der Waals surface area contributed by atoms with E-state index in [-0.39, 0.29) is 17.1 Å². The maximum absolute atomic E-state index is 12.6. The largest absolute Gasteiger partial charge is 0.507 e. The first-order valence-corrected chi connectivity index (χ1v) is 11.0. The number of carbonyl (C=O) groups excluding carboxylic acids is 2. The number of Topliss-reactive ketones (excluding diaryl/α,β-unsaturated/α-hetero) is 1. The fourth-order valence-corrected chi connectivity index (χ4v) is 4.47. The van der Waals surface area contributed by atoms with Gasteiger partial charge in [0.1, 0.15) is 17.3 Å². The molecular weight excluding hydrogens is 436 g/mol. The molecule has 0 spiro atoms. The molecule has 0 aliphatic carbocycles. The Kier molecular flexibility index (Phi) is 5.46. The summed E-state index contributed by atoms with van der Waals surface area (Å²) in [5.41, 5.74) is 7.51. The van der Waals surface area contributed by atoms with Crippen LogP contribution in [-0.4, -0.2) is 16.8 Å². The normalized spacial score (nSPS) is 13.7. The molecule has 0 radical (unpaired) electrons. The van der Waals surface area contributed by atoms with Crippen LogP contribution in [0.3, 0.4) is 0 Å². The van der Waals surface area contributed by atoms with Gasteiger partial charge in [0.15, 0.2) is 0 Å². The number of carbonyl (C=O) groups is 2. The average Bonchev–Trinajstić information content (AvgIpc) is 3.43. The first-order chi connectivity index (χ1) is 16.1. The van der Waals surface area contributed by atoms with Crippen molar-refractivity contribution in [3.8, 4) is 17.1 Å². The number of hydrazine groups is 1. The van der Waals surface area contributed by atoms with Crippen molar-refractivity contribution in [2.75, 3.05) is 5.43 Å². The smallest absolute Gasteiger partial charge is 0.273 e. The number of allylic oxidation sites excluding steroid dienone is 1. The molecule has 3 aromatic carbocycles. The number of hydrogen-bond acceptors (Lipinski definition) is 6. The van der Waals surface area contributed by atoms with Gasteiger partial charge in [-0.3, -0.25) is 20.4 Å². The number of nitrogens with one attached hydrogen (secondary N) is 2. The van der Waals surface area contributed by atoms with E-state index in [0.717, 1.165) is 4.90 Å². The average molecular weight is 455 g/mol. The van der Waals surface area contributed by atoms with Gasteiger partial charge in [-0.1, -0.05) is 42.1 Å². The first kappa shape index (κ1) is 20.7. The lowest BCUT2D eigenvalue weighted by atomic mass is 10.1. The quantitative estimate of drug-likeness (QED) is 0.263. The van der Waals surface area contributed by atoms with Crippen LogP contribution < -0.4 is 10.9 Å².